The van der Waals surface area contributed by atoms with Crippen molar-refractivity contribution in [3.05, 3.63) is 69.3 Å². The second-order valence-electron chi connectivity index (χ2n) is 4.78. The average molecular weight is 314 g/mol. The van der Waals surface area contributed by atoms with Gasteiger partial charge >= 0.3 is 5.97 Å². The Morgan fingerprint density at radius 2 is 1.70 bits per heavy atom. The van der Waals surface area contributed by atoms with Gasteiger partial charge < -0.3 is 10.1 Å². The van der Waals surface area contributed by atoms with Crippen LogP contribution in [-0.2, 0) is 4.74 Å². The van der Waals surface area contributed by atoms with E-state index >= 15 is 0 Å². The molecular weight excluding hydrogens is 300 g/mol. The van der Waals surface area contributed by atoms with Crippen LogP contribution in [0.5, 0.6) is 0 Å². The first-order valence-corrected chi connectivity index (χ1v) is 6.67. The minimum atomic E-state index is -0.530. The predicted molar refractivity (Wildman–Crippen MR) is 83.6 cm³/mol. The molecule has 0 saturated heterocycles. The molecule has 7 nitrogen and oxygen atoms in total. The second-order valence-corrected chi connectivity index (χ2v) is 4.78. The van der Waals surface area contributed by atoms with Crippen LogP contribution < -0.4 is 5.32 Å². The first kappa shape index (κ1) is 16.2. The van der Waals surface area contributed by atoms with E-state index in [0.29, 0.717) is 22.4 Å². The molecule has 0 heterocycles. The summed E-state index contributed by atoms with van der Waals surface area (Å²) in [5.74, 6) is -0.852. The summed E-state index contributed by atoms with van der Waals surface area (Å²) in [6, 6.07) is 10.0. The third-order valence-electron chi connectivity index (χ3n) is 3.24. The fourth-order valence-corrected chi connectivity index (χ4v) is 1.98. The highest BCUT2D eigenvalue weighted by molar-refractivity contribution is 6.05. The van der Waals surface area contributed by atoms with E-state index in [0.717, 1.165) is 0 Å². The molecule has 0 unspecified atom stereocenters. The number of esters is 1. The van der Waals surface area contributed by atoms with Gasteiger partial charge in [-0.15, -0.1) is 0 Å². The number of carbonyl (C=O) groups is 2. The van der Waals surface area contributed by atoms with Gasteiger partial charge in [-0.2, -0.15) is 0 Å². The molecule has 7 heteroatoms. The molecule has 118 valence electrons. The van der Waals surface area contributed by atoms with Gasteiger partial charge in [0.05, 0.1) is 17.6 Å². The topological polar surface area (TPSA) is 98.5 Å². The third kappa shape index (κ3) is 3.70. The predicted octanol–water partition coefficient (Wildman–Crippen LogP) is 2.94. The molecule has 0 aliphatic heterocycles. The maximum Gasteiger partial charge on any atom is 0.337 e. The standard InChI is InChI=1S/C16H14N2O5/c1-10-9-12(16(20)23-2)5-8-14(10)17-15(19)11-3-6-13(7-4-11)18(21)22/h3-9H,1-2H3,(H,17,19). The number of methoxy groups -OCH3 is 1. The fraction of sp³-hybridized carbons (Fsp3) is 0.125. The van der Waals surface area contributed by atoms with E-state index in [1.54, 1.807) is 25.1 Å². The van der Waals surface area contributed by atoms with Crippen molar-refractivity contribution in [2.75, 3.05) is 12.4 Å². The van der Waals surface area contributed by atoms with Crippen molar-refractivity contribution in [3.8, 4) is 0 Å². The first-order valence-electron chi connectivity index (χ1n) is 6.67. The summed E-state index contributed by atoms with van der Waals surface area (Å²) in [4.78, 5) is 33.7. The van der Waals surface area contributed by atoms with Crippen molar-refractivity contribution >= 4 is 23.3 Å². The third-order valence-corrected chi connectivity index (χ3v) is 3.24. The van der Waals surface area contributed by atoms with E-state index in [9.17, 15) is 19.7 Å². The molecule has 1 amide bonds. The quantitative estimate of drug-likeness (QED) is 0.531. The summed E-state index contributed by atoms with van der Waals surface area (Å²) >= 11 is 0. The van der Waals surface area contributed by atoms with Gasteiger partial charge in [0.2, 0.25) is 0 Å². The summed E-state index contributed by atoms with van der Waals surface area (Å²) in [6.07, 6.45) is 0. The lowest BCUT2D eigenvalue weighted by Gasteiger charge is -2.09. The zero-order valence-electron chi connectivity index (χ0n) is 12.5. The van der Waals surface area contributed by atoms with Gasteiger partial charge in [-0.25, -0.2) is 4.79 Å². The molecule has 0 atom stereocenters. The minimum absolute atomic E-state index is 0.0832. The number of carbonyl (C=O) groups excluding carboxylic acids is 2. The van der Waals surface area contributed by atoms with E-state index in [1.807, 2.05) is 0 Å². The molecule has 0 aliphatic carbocycles. The highest BCUT2D eigenvalue weighted by Gasteiger charge is 2.12. The van der Waals surface area contributed by atoms with Gasteiger partial charge in [-0.1, -0.05) is 0 Å². The lowest BCUT2D eigenvalue weighted by Crippen LogP contribution is -2.13. The molecular formula is C16H14N2O5. The van der Waals surface area contributed by atoms with Crippen molar-refractivity contribution < 1.29 is 19.2 Å². The van der Waals surface area contributed by atoms with Crippen LogP contribution in [0.15, 0.2) is 42.5 Å². The average Bonchev–Trinajstić information content (AvgIpc) is 2.55. The zero-order valence-corrected chi connectivity index (χ0v) is 12.5. The smallest absolute Gasteiger partial charge is 0.337 e. The Labute approximate surface area is 132 Å². The summed E-state index contributed by atoms with van der Waals surface area (Å²) in [6.45, 7) is 1.75. The van der Waals surface area contributed by atoms with Crippen molar-refractivity contribution in [1.82, 2.24) is 0 Å². The number of rotatable bonds is 4. The monoisotopic (exact) mass is 314 g/mol. The second kappa shape index (κ2) is 6.69. The summed E-state index contributed by atoms with van der Waals surface area (Å²) < 4.78 is 4.63. The number of hydrogen-bond donors (Lipinski definition) is 1. The van der Waals surface area contributed by atoms with Gasteiger partial charge in [-0.3, -0.25) is 14.9 Å². The Balaban J connectivity index is 2.16. The van der Waals surface area contributed by atoms with Crippen LogP contribution in [-0.4, -0.2) is 23.9 Å². The summed E-state index contributed by atoms with van der Waals surface area (Å²) in [7, 11) is 1.29. The van der Waals surface area contributed by atoms with E-state index in [-0.39, 0.29) is 5.69 Å². The molecule has 23 heavy (non-hydrogen) atoms. The zero-order chi connectivity index (χ0) is 17.0. The number of nitro groups is 1. The Kier molecular flexibility index (Phi) is 4.70. The molecule has 0 saturated carbocycles. The Morgan fingerprint density at radius 3 is 2.22 bits per heavy atom. The van der Waals surface area contributed by atoms with Crippen molar-refractivity contribution in [2.45, 2.75) is 6.92 Å². The maximum atomic E-state index is 12.1. The number of aryl methyl sites for hydroxylation is 1. The number of non-ortho nitro benzene ring substituents is 1. The Morgan fingerprint density at radius 1 is 1.09 bits per heavy atom. The summed E-state index contributed by atoms with van der Waals surface area (Å²) in [5, 5.41) is 13.3. The Hall–Kier alpha value is -3.22. The summed E-state index contributed by atoms with van der Waals surface area (Å²) in [5.41, 5.74) is 1.84. The lowest BCUT2D eigenvalue weighted by atomic mass is 10.1. The van der Waals surface area contributed by atoms with Gasteiger partial charge in [-0.05, 0) is 42.8 Å². The fourth-order valence-electron chi connectivity index (χ4n) is 1.98. The van der Waals surface area contributed by atoms with Crippen molar-refractivity contribution in [2.24, 2.45) is 0 Å². The van der Waals surface area contributed by atoms with Crippen LogP contribution >= 0.6 is 0 Å². The number of anilines is 1. The molecule has 0 radical (unpaired) electrons. The SMILES string of the molecule is COC(=O)c1ccc(NC(=O)c2ccc([N+](=O)[O-])cc2)c(C)c1. The highest BCUT2D eigenvalue weighted by atomic mass is 16.6. The van der Waals surface area contributed by atoms with E-state index in [4.69, 9.17) is 0 Å². The molecule has 0 aliphatic rings. The van der Waals surface area contributed by atoms with Crippen LogP contribution in [0.4, 0.5) is 11.4 Å². The number of amides is 1. The van der Waals surface area contributed by atoms with Gasteiger partial charge in [0, 0.05) is 23.4 Å². The van der Waals surface area contributed by atoms with Crippen LogP contribution in [0.1, 0.15) is 26.3 Å². The number of ether oxygens (including phenoxy) is 1. The number of nitrogens with one attached hydrogen (secondary N) is 1. The number of hydrogen-bond acceptors (Lipinski definition) is 5. The Bertz CT molecular complexity index is 769. The van der Waals surface area contributed by atoms with Crippen LogP contribution in [0, 0.1) is 17.0 Å². The molecule has 2 rings (SSSR count). The highest BCUT2D eigenvalue weighted by Crippen LogP contribution is 2.19. The van der Waals surface area contributed by atoms with Crippen molar-refractivity contribution in [3.63, 3.8) is 0 Å². The molecule has 0 spiro atoms. The number of nitro benzene ring substituents is 1. The van der Waals surface area contributed by atoms with Crippen LogP contribution in [0.3, 0.4) is 0 Å². The normalized spacial score (nSPS) is 10.0. The van der Waals surface area contributed by atoms with Gasteiger partial charge in [0.1, 0.15) is 0 Å². The van der Waals surface area contributed by atoms with E-state index in [2.05, 4.69) is 10.1 Å². The lowest BCUT2D eigenvalue weighted by molar-refractivity contribution is -0.384. The number of benzene rings is 2. The van der Waals surface area contributed by atoms with Crippen molar-refractivity contribution in [1.29, 1.82) is 0 Å². The van der Waals surface area contributed by atoms with Crippen LogP contribution in [0.2, 0.25) is 0 Å². The van der Waals surface area contributed by atoms with E-state index < -0.39 is 16.8 Å². The minimum Gasteiger partial charge on any atom is -0.465 e. The maximum absolute atomic E-state index is 12.1. The molecule has 2 aromatic rings. The van der Waals surface area contributed by atoms with Gasteiger partial charge in [0.25, 0.3) is 11.6 Å². The van der Waals surface area contributed by atoms with Crippen LogP contribution in [0.25, 0.3) is 0 Å². The molecule has 0 bridgehead atoms. The molecule has 2 aromatic carbocycles. The first-order chi connectivity index (χ1) is 10.9. The van der Waals surface area contributed by atoms with E-state index in [1.165, 1.54) is 31.4 Å². The molecule has 0 aromatic heterocycles. The molecule has 0 fully saturated rings. The number of nitrogens with zero attached hydrogens (tertiary/aromatic N) is 1. The van der Waals surface area contributed by atoms with Gasteiger partial charge in [0.15, 0.2) is 0 Å². The largest absolute Gasteiger partial charge is 0.465 e. The molecule has 1 N–H and O–H groups in total.